The summed E-state index contributed by atoms with van der Waals surface area (Å²) in [6.45, 7) is 7.84. The van der Waals surface area contributed by atoms with Gasteiger partial charge in [0.05, 0.1) is 6.54 Å². The van der Waals surface area contributed by atoms with E-state index in [4.69, 9.17) is 4.74 Å². The van der Waals surface area contributed by atoms with Gasteiger partial charge in [-0.15, -0.1) is 0 Å². The Bertz CT molecular complexity index is 699. The second-order valence-corrected chi connectivity index (χ2v) is 8.00. The lowest BCUT2D eigenvalue weighted by molar-refractivity contribution is -0.0959. The molecule has 1 amide bonds. The number of hydroxylamine groups is 2. The third-order valence-electron chi connectivity index (χ3n) is 4.48. The molecule has 0 aromatic heterocycles. The number of hydrogen-bond acceptors (Lipinski definition) is 4. The van der Waals surface area contributed by atoms with Crippen molar-refractivity contribution in [2.45, 2.75) is 39.7 Å². The van der Waals surface area contributed by atoms with Crippen molar-refractivity contribution in [2.75, 3.05) is 19.6 Å². The summed E-state index contributed by atoms with van der Waals surface area (Å²) in [4.78, 5) is 12.3. The maximum atomic E-state index is 12.3. The molecule has 0 fully saturated rings. The van der Waals surface area contributed by atoms with Crippen molar-refractivity contribution >= 4 is 6.09 Å². The summed E-state index contributed by atoms with van der Waals surface area (Å²) in [5, 5.41) is 14.0. The molecule has 5 heteroatoms. The Morgan fingerprint density at radius 1 is 1.04 bits per heavy atom. The van der Waals surface area contributed by atoms with E-state index in [1.54, 1.807) is 0 Å². The second-order valence-electron chi connectivity index (χ2n) is 8.00. The lowest BCUT2D eigenvalue weighted by Gasteiger charge is -2.31. The van der Waals surface area contributed by atoms with Gasteiger partial charge in [-0.3, -0.25) is 5.21 Å². The number of nitrogens with one attached hydrogen (secondary N) is 1. The molecule has 0 saturated heterocycles. The minimum absolute atomic E-state index is 0.225. The first-order valence-electron chi connectivity index (χ1n) is 9.84. The smallest absolute Gasteiger partial charge is 0.434 e. The monoisotopic (exact) mass is 384 g/mol. The number of rotatable bonds is 9. The number of carbonyl (C=O) groups excluding carboxylic acids is 1. The number of benzene rings is 2. The highest BCUT2D eigenvalue weighted by Crippen LogP contribution is 2.36. The van der Waals surface area contributed by atoms with Crippen molar-refractivity contribution in [1.82, 2.24) is 10.4 Å². The number of amides is 1. The zero-order valence-electron chi connectivity index (χ0n) is 17.1. The van der Waals surface area contributed by atoms with Crippen LogP contribution in [0, 0.1) is 5.41 Å². The van der Waals surface area contributed by atoms with Gasteiger partial charge >= 0.3 is 6.09 Å². The van der Waals surface area contributed by atoms with Crippen molar-refractivity contribution < 1.29 is 14.7 Å². The van der Waals surface area contributed by atoms with Crippen LogP contribution in [-0.2, 0) is 11.2 Å². The van der Waals surface area contributed by atoms with Gasteiger partial charge in [-0.05, 0) is 37.1 Å². The van der Waals surface area contributed by atoms with Gasteiger partial charge < -0.3 is 10.1 Å². The van der Waals surface area contributed by atoms with Crippen LogP contribution in [-0.4, -0.2) is 36.0 Å². The van der Waals surface area contributed by atoms with Gasteiger partial charge in [0.1, 0.15) is 6.10 Å². The zero-order chi connectivity index (χ0) is 20.4. The van der Waals surface area contributed by atoms with Crippen LogP contribution >= 0.6 is 0 Å². The number of hydrogen-bond donors (Lipinski definition) is 2. The van der Waals surface area contributed by atoms with Crippen LogP contribution in [0.3, 0.4) is 0 Å². The lowest BCUT2D eigenvalue weighted by Crippen LogP contribution is -2.34. The van der Waals surface area contributed by atoms with Crippen molar-refractivity contribution in [3.63, 3.8) is 0 Å². The molecule has 28 heavy (non-hydrogen) atoms. The molecule has 1 atom stereocenters. The van der Waals surface area contributed by atoms with Gasteiger partial charge in [0.25, 0.3) is 0 Å². The van der Waals surface area contributed by atoms with Gasteiger partial charge in [0.15, 0.2) is 0 Å². The quantitative estimate of drug-likeness (QED) is 0.369. The normalized spacial score (nSPS) is 12.4. The molecule has 0 spiro atoms. The van der Waals surface area contributed by atoms with E-state index in [0.717, 1.165) is 25.1 Å². The highest BCUT2D eigenvalue weighted by molar-refractivity contribution is 5.66. The molecule has 2 aromatic carbocycles. The van der Waals surface area contributed by atoms with Crippen LogP contribution in [0.4, 0.5) is 4.79 Å². The van der Waals surface area contributed by atoms with Crippen LogP contribution in [0.5, 0.6) is 0 Å². The Labute approximate surface area is 168 Å². The first-order chi connectivity index (χ1) is 13.4. The molecule has 0 aliphatic carbocycles. The predicted octanol–water partition coefficient (Wildman–Crippen LogP) is 4.82. The standard InChI is InChI=1S/C23H32N2O3/c1-23(2,3)21(20-13-8-5-9-14-20)28-22(26)25(27)18-10-16-24-17-15-19-11-6-4-7-12-19/h4-9,11-14,21,24,27H,10,15-18H2,1-3H3. The molecule has 0 saturated carbocycles. The highest BCUT2D eigenvalue weighted by atomic mass is 16.6. The molecular weight excluding hydrogens is 352 g/mol. The van der Waals surface area contributed by atoms with E-state index >= 15 is 0 Å². The Hall–Kier alpha value is -2.37. The first-order valence-corrected chi connectivity index (χ1v) is 9.84. The van der Waals surface area contributed by atoms with E-state index in [0.29, 0.717) is 11.5 Å². The summed E-state index contributed by atoms with van der Waals surface area (Å²) in [6, 6.07) is 19.9. The van der Waals surface area contributed by atoms with Gasteiger partial charge in [0.2, 0.25) is 0 Å². The van der Waals surface area contributed by atoms with Crippen LogP contribution < -0.4 is 5.32 Å². The van der Waals surface area contributed by atoms with Crippen LogP contribution in [0.1, 0.15) is 44.4 Å². The summed E-state index contributed by atoms with van der Waals surface area (Å²) in [5.41, 5.74) is 1.92. The fourth-order valence-electron chi connectivity index (χ4n) is 2.98. The van der Waals surface area contributed by atoms with Crippen molar-refractivity contribution in [3.05, 3.63) is 71.8 Å². The Balaban J connectivity index is 1.72. The van der Waals surface area contributed by atoms with E-state index in [2.05, 4.69) is 17.4 Å². The summed E-state index contributed by atoms with van der Waals surface area (Å²) in [5.74, 6) is 0. The fraction of sp³-hybridized carbons (Fsp3) is 0.435. The fourth-order valence-corrected chi connectivity index (χ4v) is 2.98. The average molecular weight is 385 g/mol. The molecular formula is C23H32N2O3. The minimum Gasteiger partial charge on any atom is -0.439 e. The van der Waals surface area contributed by atoms with Crippen molar-refractivity contribution in [2.24, 2.45) is 5.41 Å². The highest BCUT2D eigenvalue weighted by Gasteiger charge is 2.31. The zero-order valence-corrected chi connectivity index (χ0v) is 17.1. The van der Waals surface area contributed by atoms with Crippen molar-refractivity contribution in [3.8, 4) is 0 Å². The largest absolute Gasteiger partial charge is 0.439 e. The molecule has 0 aliphatic heterocycles. The third-order valence-corrected chi connectivity index (χ3v) is 4.48. The van der Waals surface area contributed by atoms with E-state index in [-0.39, 0.29) is 12.0 Å². The number of nitrogens with zero attached hydrogens (tertiary/aromatic N) is 1. The Morgan fingerprint density at radius 2 is 1.64 bits per heavy atom. The van der Waals surface area contributed by atoms with Crippen LogP contribution in [0.2, 0.25) is 0 Å². The molecule has 2 rings (SSSR count). The first kappa shape index (κ1) is 21.9. The van der Waals surface area contributed by atoms with Gasteiger partial charge in [-0.2, -0.15) is 5.06 Å². The molecule has 0 aliphatic rings. The lowest BCUT2D eigenvalue weighted by atomic mass is 9.84. The van der Waals surface area contributed by atoms with Crippen LogP contribution in [0.25, 0.3) is 0 Å². The molecule has 2 aromatic rings. The van der Waals surface area contributed by atoms with Gasteiger partial charge in [-0.1, -0.05) is 81.4 Å². The topological polar surface area (TPSA) is 61.8 Å². The number of carbonyl (C=O) groups is 1. The molecule has 1 unspecified atom stereocenters. The summed E-state index contributed by atoms with van der Waals surface area (Å²) < 4.78 is 5.62. The maximum absolute atomic E-state index is 12.3. The molecule has 0 heterocycles. The van der Waals surface area contributed by atoms with Gasteiger partial charge in [-0.25, -0.2) is 4.79 Å². The van der Waals surface area contributed by atoms with E-state index < -0.39 is 12.2 Å². The Kier molecular flexibility index (Phi) is 8.48. The molecule has 5 nitrogen and oxygen atoms in total. The third kappa shape index (κ3) is 7.33. The van der Waals surface area contributed by atoms with E-state index in [1.165, 1.54) is 5.56 Å². The average Bonchev–Trinajstić information content (AvgIpc) is 2.69. The summed E-state index contributed by atoms with van der Waals surface area (Å²) >= 11 is 0. The second kappa shape index (κ2) is 10.8. The van der Waals surface area contributed by atoms with Gasteiger partial charge in [0, 0.05) is 5.41 Å². The molecule has 0 bridgehead atoms. The van der Waals surface area contributed by atoms with E-state index in [9.17, 15) is 10.0 Å². The molecule has 0 radical (unpaired) electrons. The maximum Gasteiger partial charge on any atom is 0.434 e. The SMILES string of the molecule is CC(C)(C)C(OC(=O)N(O)CCCNCCc1ccccc1)c1ccccc1. The summed E-state index contributed by atoms with van der Waals surface area (Å²) in [7, 11) is 0. The molecule has 152 valence electrons. The molecule has 2 N–H and O–H groups in total. The summed E-state index contributed by atoms with van der Waals surface area (Å²) in [6.07, 6.45) is 0.454. The van der Waals surface area contributed by atoms with Crippen LogP contribution in [0.15, 0.2) is 60.7 Å². The number of ether oxygens (including phenoxy) is 1. The van der Waals surface area contributed by atoms with Crippen molar-refractivity contribution in [1.29, 1.82) is 0 Å². The van der Waals surface area contributed by atoms with E-state index in [1.807, 2.05) is 69.3 Å². The predicted molar refractivity (Wildman–Crippen MR) is 111 cm³/mol. The Morgan fingerprint density at radius 3 is 2.25 bits per heavy atom. The minimum atomic E-state index is -0.715.